The summed E-state index contributed by atoms with van der Waals surface area (Å²) in [5.41, 5.74) is 0.319. The maximum Gasteiger partial charge on any atom is 0.303 e. The number of rotatable bonds is 9. The monoisotopic (exact) mass is 558 g/mol. The lowest BCUT2D eigenvalue weighted by atomic mass is 9.71. The molecule has 1 unspecified atom stereocenters. The smallest absolute Gasteiger partial charge is 0.303 e. The first-order valence-corrected chi connectivity index (χ1v) is 12.9. The number of carbonyl (C=O) groups is 1. The van der Waals surface area contributed by atoms with Crippen LogP contribution in [0.3, 0.4) is 0 Å². The average Bonchev–Trinajstić information content (AvgIpc) is 2.94. The number of carboxylic acid groups (broad SMARTS) is 1. The first-order chi connectivity index (χ1) is 19.1. The summed E-state index contributed by atoms with van der Waals surface area (Å²) in [4.78, 5) is 18.0. The van der Waals surface area contributed by atoms with Crippen LogP contribution in [0.1, 0.15) is 54.9 Å². The third kappa shape index (κ3) is 6.72. The number of carboxylic acids is 1. The van der Waals surface area contributed by atoms with E-state index in [0.717, 1.165) is 6.07 Å². The summed E-state index contributed by atoms with van der Waals surface area (Å²) in [5.74, 6) is 1.37. The normalized spacial score (nSPS) is 15.8. The van der Waals surface area contributed by atoms with E-state index in [4.69, 9.17) is 4.74 Å². The third-order valence-corrected chi connectivity index (χ3v) is 7.59. The number of alkyl halides is 1. The van der Waals surface area contributed by atoms with E-state index >= 15 is 0 Å². The van der Waals surface area contributed by atoms with E-state index in [-0.39, 0.29) is 30.5 Å². The summed E-state index contributed by atoms with van der Waals surface area (Å²) in [6.45, 7) is 0.412. The Kier molecular flexibility index (Phi) is 9.28. The molecule has 10 heteroatoms. The van der Waals surface area contributed by atoms with Crippen molar-refractivity contribution in [2.75, 3.05) is 26.7 Å². The van der Waals surface area contributed by atoms with Crippen molar-refractivity contribution in [1.29, 1.82) is 0 Å². The molecule has 6 nitrogen and oxygen atoms in total. The molecule has 2 heterocycles. The van der Waals surface area contributed by atoms with Crippen molar-refractivity contribution in [3.8, 4) is 17.6 Å². The Bertz CT molecular complexity index is 1440. The Morgan fingerprint density at radius 2 is 1.95 bits per heavy atom. The maximum atomic E-state index is 13.9. The fraction of sp³-hybridized carbons (Fsp3) is 0.400. The van der Waals surface area contributed by atoms with E-state index in [0.29, 0.717) is 60.6 Å². The molecule has 1 aliphatic rings. The number of halogens is 4. The number of fused-ring (bicyclic) bond motifs is 1. The van der Waals surface area contributed by atoms with Crippen molar-refractivity contribution in [3.63, 3.8) is 0 Å². The van der Waals surface area contributed by atoms with Crippen molar-refractivity contribution in [2.45, 2.75) is 44.9 Å². The number of piperidine rings is 1. The van der Waals surface area contributed by atoms with Gasteiger partial charge in [-0.25, -0.2) is 17.6 Å². The molecule has 40 heavy (non-hydrogen) atoms. The van der Waals surface area contributed by atoms with Gasteiger partial charge >= 0.3 is 5.97 Å². The molecule has 1 aromatic heterocycles. The van der Waals surface area contributed by atoms with Gasteiger partial charge < -0.3 is 14.9 Å². The summed E-state index contributed by atoms with van der Waals surface area (Å²) in [6, 6.07) is 6.46. The molecule has 3 aromatic rings. The number of aromatic nitrogens is 1. The van der Waals surface area contributed by atoms with E-state index in [2.05, 4.69) is 16.8 Å². The minimum Gasteiger partial charge on any atom is -0.497 e. The van der Waals surface area contributed by atoms with E-state index in [1.807, 2.05) is 4.90 Å². The highest BCUT2D eigenvalue weighted by Gasteiger charge is 2.37. The number of benzene rings is 2. The van der Waals surface area contributed by atoms with Gasteiger partial charge in [0.05, 0.1) is 37.3 Å². The molecular weight excluding hydrogens is 528 g/mol. The summed E-state index contributed by atoms with van der Waals surface area (Å²) in [7, 11) is 1.51. The molecule has 4 rings (SSSR count). The Morgan fingerprint density at radius 1 is 1.20 bits per heavy atom. The predicted octanol–water partition coefficient (Wildman–Crippen LogP) is 5.55. The van der Waals surface area contributed by atoms with Crippen LogP contribution in [-0.4, -0.2) is 52.8 Å². The summed E-state index contributed by atoms with van der Waals surface area (Å²) in [5, 5.41) is 21.4. The zero-order valence-electron chi connectivity index (χ0n) is 22.0. The molecule has 1 atom stereocenters. The fourth-order valence-corrected chi connectivity index (χ4v) is 5.36. The van der Waals surface area contributed by atoms with Crippen LogP contribution in [0.25, 0.3) is 10.9 Å². The second-order valence-electron chi connectivity index (χ2n) is 10.2. The molecular formula is C30H30F4N2O4. The summed E-state index contributed by atoms with van der Waals surface area (Å²) < 4.78 is 59.8. The van der Waals surface area contributed by atoms with Gasteiger partial charge in [0.25, 0.3) is 0 Å². The zero-order valence-corrected chi connectivity index (χ0v) is 22.0. The van der Waals surface area contributed by atoms with E-state index in [1.165, 1.54) is 13.3 Å². The molecule has 1 aliphatic heterocycles. The minimum atomic E-state index is -1.31. The molecule has 2 aromatic carbocycles. The molecule has 0 saturated carbocycles. The molecule has 1 fully saturated rings. The SMILES string of the molecule is COc1ccc2ncc(CF)c(C(O)CCC3(CC(=O)O)CCN(CC#Cc4cc(F)cc(F)c4F)CC3)c2c1. The van der Waals surface area contributed by atoms with Crippen LogP contribution in [0.5, 0.6) is 5.75 Å². The molecule has 0 amide bonds. The van der Waals surface area contributed by atoms with Gasteiger partial charge in [-0.15, -0.1) is 0 Å². The molecule has 0 bridgehead atoms. The Hall–Kier alpha value is -3.68. The topological polar surface area (TPSA) is 82.9 Å². The van der Waals surface area contributed by atoms with Gasteiger partial charge in [0, 0.05) is 23.2 Å². The fourth-order valence-electron chi connectivity index (χ4n) is 5.36. The Labute approximate surface area is 229 Å². The number of likely N-dealkylation sites (tertiary alicyclic amines) is 1. The first-order valence-electron chi connectivity index (χ1n) is 12.9. The second kappa shape index (κ2) is 12.7. The summed E-state index contributed by atoms with van der Waals surface area (Å²) in [6.07, 6.45) is 1.92. The minimum absolute atomic E-state index is 0.0894. The van der Waals surface area contributed by atoms with Gasteiger partial charge in [-0.05, 0) is 74.0 Å². The van der Waals surface area contributed by atoms with Crippen molar-refractivity contribution in [3.05, 3.63) is 70.7 Å². The lowest BCUT2D eigenvalue weighted by Gasteiger charge is -2.41. The number of hydrogen-bond acceptors (Lipinski definition) is 5. The standard InChI is InChI=1S/C30H30F4N2O4/c1-40-22-4-5-25-23(15-22)28(20(17-31)18-35-25)26(37)6-7-30(16-27(38)39)8-11-36(12-9-30)10-2-3-19-13-21(32)14-24(33)29(19)34/h4-5,13-15,18,26,37H,6-12,16-17H2,1H3,(H,38,39). The van der Waals surface area contributed by atoms with Crippen LogP contribution in [0.2, 0.25) is 0 Å². The van der Waals surface area contributed by atoms with Crippen LogP contribution >= 0.6 is 0 Å². The second-order valence-corrected chi connectivity index (χ2v) is 10.2. The molecule has 0 aliphatic carbocycles. The molecule has 0 radical (unpaired) electrons. The molecule has 2 N–H and O–H groups in total. The van der Waals surface area contributed by atoms with Crippen LogP contribution < -0.4 is 4.74 Å². The number of methoxy groups -OCH3 is 1. The van der Waals surface area contributed by atoms with Gasteiger partial charge in [0.15, 0.2) is 11.6 Å². The van der Waals surface area contributed by atoms with Gasteiger partial charge in [0.2, 0.25) is 0 Å². The van der Waals surface area contributed by atoms with Gasteiger partial charge in [-0.2, -0.15) is 0 Å². The van der Waals surface area contributed by atoms with Crippen molar-refractivity contribution >= 4 is 16.9 Å². The number of aliphatic hydroxyl groups excluding tert-OH is 1. The molecule has 0 spiro atoms. The van der Waals surface area contributed by atoms with Gasteiger partial charge in [-0.1, -0.05) is 11.8 Å². The molecule has 1 saturated heterocycles. The lowest BCUT2D eigenvalue weighted by Crippen LogP contribution is -2.41. The third-order valence-electron chi connectivity index (χ3n) is 7.59. The van der Waals surface area contributed by atoms with Crippen LogP contribution in [0.15, 0.2) is 36.5 Å². The van der Waals surface area contributed by atoms with Gasteiger partial charge in [0.1, 0.15) is 18.2 Å². The maximum absolute atomic E-state index is 13.9. The number of aliphatic hydroxyl groups is 1. The summed E-state index contributed by atoms with van der Waals surface area (Å²) >= 11 is 0. The largest absolute Gasteiger partial charge is 0.497 e. The lowest BCUT2D eigenvalue weighted by molar-refractivity contribution is -0.141. The van der Waals surface area contributed by atoms with Crippen molar-refractivity contribution < 1.29 is 37.3 Å². The van der Waals surface area contributed by atoms with E-state index in [9.17, 15) is 32.6 Å². The zero-order chi connectivity index (χ0) is 28.9. The number of pyridine rings is 1. The number of ether oxygens (including phenoxy) is 1. The van der Waals surface area contributed by atoms with Crippen molar-refractivity contribution in [2.24, 2.45) is 5.41 Å². The molecule has 212 valence electrons. The van der Waals surface area contributed by atoms with Crippen LogP contribution in [-0.2, 0) is 11.5 Å². The number of aliphatic carboxylic acids is 1. The highest BCUT2D eigenvalue weighted by Crippen LogP contribution is 2.42. The predicted molar refractivity (Wildman–Crippen MR) is 141 cm³/mol. The van der Waals surface area contributed by atoms with E-state index in [1.54, 1.807) is 18.2 Å². The Balaban J connectivity index is 1.46. The first kappa shape index (κ1) is 29.3. The quantitative estimate of drug-likeness (QED) is 0.204. The van der Waals surface area contributed by atoms with Crippen LogP contribution in [0, 0.1) is 34.7 Å². The number of hydrogen-bond donors (Lipinski definition) is 2. The van der Waals surface area contributed by atoms with E-state index < -0.39 is 41.6 Å². The average molecular weight is 559 g/mol. The van der Waals surface area contributed by atoms with Crippen molar-refractivity contribution in [1.82, 2.24) is 9.88 Å². The van der Waals surface area contributed by atoms with Gasteiger partial charge in [-0.3, -0.25) is 14.7 Å². The highest BCUT2D eigenvalue weighted by atomic mass is 19.2. The number of nitrogens with zero attached hydrogens (tertiary/aromatic N) is 2. The Morgan fingerprint density at radius 3 is 2.62 bits per heavy atom. The van der Waals surface area contributed by atoms with Crippen LogP contribution in [0.4, 0.5) is 17.6 Å². The highest BCUT2D eigenvalue weighted by molar-refractivity contribution is 5.85.